The number of aromatic nitrogens is 2. The first kappa shape index (κ1) is 12.6. The largest absolute Gasteiger partial charge is 0.450 e. The van der Waals surface area contributed by atoms with Gasteiger partial charge in [0.1, 0.15) is 17.4 Å². The number of aliphatic hydroxyl groups excluding tert-OH is 1. The summed E-state index contributed by atoms with van der Waals surface area (Å²) in [5, 5.41) is 13.8. The van der Waals surface area contributed by atoms with Crippen LogP contribution in [0.3, 0.4) is 0 Å². The molecule has 108 valence electrons. The van der Waals surface area contributed by atoms with Crippen molar-refractivity contribution in [3.05, 3.63) is 30.6 Å². The first-order valence-corrected chi connectivity index (χ1v) is 7.33. The minimum Gasteiger partial charge on any atom is -0.450 e. The molecule has 0 saturated heterocycles. The quantitative estimate of drug-likeness (QED) is 0.770. The third-order valence-corrected chi connectivity index (χ3v) is 4.44. The Bertz CT molecular complexity index is 792. The Hall–Kier alpha value is -2.14. The Morgan fingerprint density at radius 2 is 2.10 bits per heavy atom. The van der Waals surface area contributed by atoms with Gasteiger partial charge in [-0.1, -0.05) is 12.1 Å². The third-order valence-electron chi connectivity index (χ3n) is 4.44. The number of furan rings is 1. The highest BCUT2D eigenvalue weighted by atomic mass is 16.3. The summed E-state index contributed by atoms with van der Waals surface area (Å²) in [4.78, 5) is 8.71. The van der Waals surface area contributed by atoms with E-state index in [0.717, 1.165) is 41.6 Å². The van der Waals surface area contributed by atoms with E-state index in [-0.39, 0.29) is 12.1 Å². The highest BCUT2D eigenvalue weighted by Crippen LogP contribution is 2.39. The van der Waals surface area contributed by atoms with Crippen molar-refractivity contribution in [2.24, 2.45) is 0 Å². The number of anilines is 1. The molecule has 2 aromatic heterocycles. The average molecular weight is 283 g/mol. The van der Waals surface area contributed by atoms with Crippen LogP contribution in [-0.4, -0.2) is 27.2 Å². The van der Waals surface area contributed by atoms with Crippen LogP contribution in [0, 0.1) is 0 Å². The molecule has 1 saturated carbocycles. The van der Waals surface area contributed by atoms with E-state index in [2.05, 4.69) is 15.3 Å². The Labute approximate surface area is 122 Å². The minimum absolute atomic E-state index is 0.0466. The number of para-hydroxylation sites is 1. The molecule has 2 heterocycles. The number of nitrogens with zero attached hydrogens (tertiary/aromatic N) is 2. The van der Waals surface area contributed by atoms with Crippen LogP contribution < -0.4 is 5.32 Å². The van der Waals surface area contributed by atoms with Crippen LogP contribution >= 0.6 is 0 Å². The summed E-state index contributed by atoms with van der Waals surface area (Å²) >= 11 is 0. The standard InChI is InChI=1S/C16H17N3O2/c20-9-8-16(6-3-7-16)19-15-14-13(17-10-18-15)11-4-1-2-5-12(11)21-14/h1-2,4-5,10,20H,3,6-9H2,(H,17,18,19). The predicted octanol–water partition coefficient (Wildman–Crippen LogP) is 3.09. The molecule has 0 spiro atoms. The molecule has 4 rings (SSSR count). The molecule has 1 aliphatic carbocycles. The van der Waals surface area contributed by atoms with Gasteiger partial charge >= 0.3 is 0 Å². The minimum atomic E-state index is -0.0466. The molecule has 1 fully saturated rings. The number of hydrogen-bond acceptors (Lipinski definition) is 5. The molecule has 0 aliphatic heterocycles. The highest BCUT2D eigenvalue weighted by Gasteiger charge is 2.37. The fraction of sp³-hybridized carbons (Fsp3) is 0.375. The molecule has 5 heteroatoms. The zero-order valence-electron chi connectivity index (χ0n) is 11.7. The van der Waals surface area contributed by atoms with Crippen LogP contribution in [0.5, 0.6) is 0 Å². The topological polar surface area (TPSA) is 71.2 Å². The van der Waals surface area contributed by atoms with E-state index in [9.17, 15) is 5.11 Å². The molecule has 1 aromatic carbocycles. The van der Waals surface area contributed by atoms with E-state index in [1.807, 2.05) is 24.3 Å². The van der Waals surface area contributed by atoms with Crippen molar-refractivity contribution in [3.8, 4) is 0 Å². The van der Waals surface area contributed by atoms with E-state index in [0.29, 0.717) is 5.58 Å². The van der Waals surface area contributed by atoms with Gasteiger partial charge in [-0.3, -0.25) is 0 Å². The highest BCUT2D eigenvalue weighted by molar-refractivity contribution is 6.05. The van der Waals surface area contributed by atoms with Gasteiger partial charge in [-0.05, 0) is 37.8 Å². The summed E-state index contributed by atoms with van der Waals surface area (Å²) in [7, 11) is 0. The summed E-state index contributed by atoms with van der Waals surface area (Å²) in [6, 6.07) is 7.87. The molecule has 1 aliphatic rings. The predicted molar refractivity (Wildman–Crippen MR) is 81.2 cm³/mol. The van der Waals surface area contributed by atoms with Gasteiger partial charge in [0.2, 0.25) is 0 Å². The van der Waals surface area contributed by atoms with Crippen molar-refractivity contribution in [2.45, 2.75) is 31.2 Å². The molecule has 0 bridgehead atoms. The third kappa shape index (κ3) is 1.96. The number of rotatable bonds is 4. The van der Waals surface area contributed by atoms with Crippen molar-refractivity contribution in [1.29, 1.82) is 0 Å². The van der Waals surface area contributed by atoms with Crippen LogP contribution in [0.2, 0.25) is 0 Å². The van der Waals surface area contributed by atoms with E-state index in [1.165, 1.54) is 6.42 Å². The summed E-state index contributed by atoms with van der Waals surface area (Å²) in [5.74, 6) is 0.726. The molecule has 2 N–H and O–H groups in total. The van der Waals surface area contributed by atoms with Crippen LogP contribution in [0.25, 0.3) is 22.1 Å². The SMILES string of the molecule is OCCC1(Nc2ncnc3c2oc2ccccc23)CCC1. The van der Waals surface area contributed by atoms with Gasteiger partial charge in [-0.15, -0.1) is 0 Å². The normalized spacial score (nSPS) is 17.0. The maximum atomic E-state index is 9.28. The smallest absolute Gasteiger partial charge is 0.196 e. The Morgan fingerprint density at radius 1 is 1.24 bits per heavy atom. The summed E-state index contributed by atoms with van der Waals surface area (Å²) in [6.07, 6.45) is 5.59. The monoisotopic (exact) mass is 283 g/mol. The van der Waals surface area contributed by atoms with Crippen molar-refractivity contribution < 1.29 is 9.52 Å². The lowest BCUT2D eigenvalue weighted by atomic mass is 9.74. The molecule has 0 unspecified atom stereocenters. The van der Waals surface area contributed by atoms with Gasteiger partial charge in [0.15, 0.2) is 11.4 Å². The average Bonchev–Trinajstić information content (AvgIpc) is 2.85. The Kier molecular flexibility index (Phi) is 2.82. The van der Waals surface area contributed by atoms with Gasteiger partial charge in [-0.2, -0.15) is 0 Å². The zero-order chi connectivity index (χ0) is 14.3. The molecule has 0 amide bonds. The molecular weight excluding hydrogens is 266 g/mol. The number of benzene rings is 1. The van der Waals surface area contributed by atoms with E-state index in [1.54, 1.807) is 6.33 Å². The number of hydrogen-bond donors (Lipinski definition) is 2. The van der Waals surface area contributed by atoms with Gasteiger partial charge in [0.05, 0.1) is 0 Å². The Balaban J connectivity index is 1.81. The van der Waals surface area contributed by atoms with Crippen LogP contribution in [0.1, 0.15) is 25.7 Å². The summed E-state index contributed by atoms with van der Waals surface area (Å²) in [6.45, 7) is 0.182. The molecule has 0 radical (unpaired) electrons. The van der Waals surface area contributed by atoms with Gasteiger partial charge in [0, 0.05) is 17.5 Å². The zero-order valence-corrected chi connectivity index (χ0v) is 11.7. The Morgan fingerprint density at radius 3 is 2.86 bits per heavy atom. The fourth-order valence-corrected chi connectivity index (χ4v) is 3.12. The summed E-state index contributed by atoms with van der Waals surface area (Å²) in [5.41, 5.74) is 2.31. The van der Waals surface area contributed by atoms with Gasteiger partial charge in [-0.25, -0.2) is 9.97 Å². The molecule has 5 nitrogen and oxygen atoms in total. The number of nitrogens with one attached hydrogen (secondary N) is 1. The van der Waals surface area contributed by atoms with Crippen molar-refractivity contribution in [2.75, 3.05) is 11.9 Å². The second-order valence-corrected chi connectivity index (χ2v) is 5.73. The van der Waals surface area contributed by atoms with Crippen LogP contribution in [0.4, 0.5) is 5.82 Å². The maximum Gasteiger partial charge on any atom is 0.196 e. The van der Waals surface area contributed by atoms with Crippen molar-refractivity contribution >= 4 is 27.9 Å². The molecular formula is C16H17N3O2. The first-order valence-electron chi connectivity index (χ1n) is 7.33. The van der Waals surface area contributed by atoms with E-state index < -0.39 is 0 Å². The fourth-order valence-electron chi connectivity index (χ4n) is 3.12. The van der Waals surface area contributed by atoms with E-state index >= 15 is 0 Å². The van der Waals surface area contributed by atoms with Gasteiger partial charge in [0.25, 0.3) is 0 Å². The molecule has 3 aromatic rings. The van der Waals surface area contributed by atoms with Crippen LogP contribution in [0.15, 0.2) is 35.0 Å². The van der Waals surface area contributed by atoms with Crippen LogP contribution in [-0.2, 0) is 0 Å². The lowest BCUT2D eigenvalue weighted by Crippen LogP contribution is -2.46. The second kappa shape index (κ2) is 4.70. The van der Waals surface area contributed by atoms with E-state index in [4.69, 9.17) is 4.42 Å². The lowest BCUT2D eigenvalue weighted by molar-refractivity contribution is 0.189. The first-order chi connectivity index (χ1) is 10.3. The summed E-state index contributed by atoms with van der Waals surface area (Å²) < 4.78 is 5.93. The second-order valence-electron chi connectivity index (χ2n) is 5.73. The lowest BCUT2D eigenvalue weighted by Gasteiger charge is -2.42. The molecule has 0 atom stereocenters. The van der Waals surface area contributed by atoms with Crippen molar-refractivity contribution in [1.82, 2.24) is 9.97 Å². The number of fused-ring (bicyclic) bond motifs is 3. The number of aliphatic hydroxyl groups is 1. The molecule has 21 heavy (non-hydrogen) atoms. The maximum absolute atomic E-state index is 9.28. The van der Waals surface area contributed by atoms with Gasteiger partial charge < -0.3 is 14.8 Å². The van der Waals surface area contributed by atoms with Crippen molar-refractivity contribution in [3.63, 3.8) is 0 Å².